The average Bonchev–Trinajstić information content (AvgIpc) is 3.28. The van der Waals surface area contributed by atoms with Crippen LogP contribution in [0.2, 0.25) is 0 Å². The number of hydrogen-bond donors (Lipinski definition) is 3. The fourth-order valence-corrected chi connectivity index (χ4v) is 8.80. The standard InChI is InChI=1S/C58H111NO3/c1-3-5-7-9-11-13-15-17-19-21-22-23-24-25-26-27-28-29-30-31-32-33-34-35-36-38-39-41-43-45-47-49-51-53-57(61)56(55-60)59-58(62)54-52-50-48-46-44-42-40-37-20-18-16-14-12-10-8-6-4-2/h12,14,18,20,51,53,56-57,60-61H,3-11,13,15-17,19,21-50,52,54-55H2,1-2H3,(H,59,62)/b14-12-,20-18-,53-51+. The highest BCUT2D eigenvalue weighted by Crippen LogP contribution is 2.17. The normalized spacial score (nSPS) is 13.0. The lowest BCUT2D eigenvalue weighted by Crippen LogP contribution is -2.45. The molecule has 0 heterocycles. The van der Waals surface area contributed by atoms with Crippen LogP contribution >= 0.6 is 0 Å². The van der Waals surface area contributed by atoms with Crippen molar-refractivity contribution in [2.75, 3.05) is 6.61 Å². The van der Waals surface area contributed by atoms with E-state index in [0.29, 0.717) is 6.42 Å². The van der Waals surface area contributed by atoms with Crippen LogP contribution in [0.15, 0.2) is 36.5 Å². The highest BCUT2D eigenvalue weighted by molar-refractivity contribution is 5.76. The molecule has 0 saturated heterocycles. The Hall–Kier alpha value is -1.39. The van der Waals surface area contributed by atoms with E-state index >= 15 is 0 Å². The van der Waals surface area contributed by atoms with Gasteiger partial charge in [0.25, 0.3) is 0 Å². The quantitative estimate of drug-likeness (QED) is 0.0421. The first kappa shape index (κ1) is 60.6. The topological polar surface area (TPSA) is 69.6 Å². The van der Waals surface area contributed by atoms with Gasteiger partial charge in [-0.05, 0) is 51.4 Å². The number of carbonyl (C=O) groups is 1. The molecule has 0 aromatic rings. The highest BCUT2D eigenvalue weighted by Gasteiger charge is 2.18. The van der Waals surface area contributed by atoms with E-state index in [1.165, 1.54) is 257 Å². The first-order valence-electron chi connectivity index (χ1n) is 28.2. The number of carbonyl (C=O) groups excluding carboxylic acids is 1. The van der Waals surface area contributed by atoms with E-state index in [1.807, 2.05) is 6.08 Å². The first-order valence-corrected chi connectivity index (χ1v) is 28.2. The van der Waals surface area contributed by atoms with Crippen molar-refractivity contribution in [1.82, 2.24) is 5.32 Å². The maximum atomic E-state index is 12.4. The van der Waals surface area contributed by atoms with Crippen LogP contribution in [0.25, 0.3) is 0 Å². The Morgan fingerprint density at radius 2 is 0.661 bits per heavy atom. The molecule has 3 N–H and O–H groups in total. The third-order valence-electron chi connectivity index (χ3n) is 13.1. The summed E-state index contributed by atoms with van der Waals surface area (Å²) in [6, 6.07) is -0.627. The van der Waals surface area contributed by atoms with Gasteiger partial charge in [0.1, 0.15) is 0 Å². The predicted octanol–water partition coefficient (Wildman–Crippen LogP) is 18.5. The molecule has 0 radical (unpaired) electrons. The number of hydrogen-bond acceptors (Lipinski definition) is 3. The average molecular weight is 871 g/mol. The van der Waals surface area contributed by atoms with Gasteiger partial charge in [0, 0.05) is 6.42 Å². The molecule has 0 aliphatic heterocycles. The van der Waals surface area contributed by atoms with Crippen LogP contribution in [0, 0.1) is 0 Å². The number of aliphatic hydroxyl groups excluding tert-OH is 2. The van der Waals surface area contributed by atoms with Gasteiger partial charge in [-0.15, -0.1) is 0 Å². The lowest BCUT2D eigenvalue weighted by Gasteiger charge is -2.20. The summed E-state index contributed by atoms with van der Waals surface area (Å²) >= 11 is 0. The van der Waals surface area contributed by atoms with Crippen molar-refractivity contribution >= 4 is 5.91 Å². The smallest absolute Gasteiger partial charge is 0.220 e. The molecule has 4 nitrogen and oxygen atoms in total. The zero-order chi connectivity index (χ0) is 44.9. The zero-order valence-electron chi connectivity index (χ0n) is 42.2. The molecule has 0 rings (SSSR count). The number of nitrogens with one attached hydrogen (secondary N) is 1. The van der Waals surface area contributed by atoms with Crippen LogP contribution in [0.1, 0.15) is 309 Å². The van der Waals surface area contributed by atoms with E-state index in [9.17, 15) is 15.0 Å². The van der Waals surface area contributed by atoms with Crippen LogP contribution in [0.5, 0.6) is 0 Å². The second kappa shape index (κ2) is 53.9. The molecule has 0 fully saturated rings. The van der Waals surface area contributed by atoms with Crippen molar-refractivity contribution in [2.24, 2.45) is 0 Å². The predicted molar refractivity (Wildman–Crippen MR) is 276 cm³/mol. The fraction of sp³-hybridized carbons (Fsp3) is 0.879. The third kappa shape index (κ3) is 49.6. The molecular weight excluding hydrogens is 759 g/mol. The van der Waals surface area contributed by atoms with Crippen LogP contribution < -0.4 is 5.32 Å². The fourth-order valence-electron chi connectivity index (χ4n) is 8.80. The second-order valence-corrected chi connectivity index (χ2v) is 19.4. The highest BCUT2D eigenvalue weighted by atomic mass is 16.3. The summed E-state index contributed by atoms with van der Waals surface area (Å²) in [7, 11) is 0. The lowest BCUT2D eigenvalue weighted by atomic mass is 10.0. The number of unbranched alkanes of at least 4 members (excludes halogenated alkanes) is 41. The Bertz CT molecular complexity index is 943. The van der Waals surface area contributed by atoms with Gasteiger partial charge in [-0.2, -0.15) is 0 Å². The number of amides is 1. The van der Waals surface area contributed by atoms with Gasteiger partial charge >= 0.3 is 0 Å². The summed E-state index contributed by atoms with van der Waals surface area (Å²) in [6.07, 6.45) is 73.1. The van der Waals surface area contributed by atoms with Crippen LogP contribution in [-0.4, -0.2) is 34.9 Å². The zero-order valence-corrected chi connectivity index (χ0v) is 42.2. The van der Waals surface area contributed by atoms with Gasteiger partial charge in [0.2, 0.25) is 5.91 Å². The van der Waals surface area contributed by atoms with Crippen molar-refractivity contribution < 1.29 is 15.0 Å². The summed E-state index contributed by atoms with van der Waals surface area (Å²) in [5.74, 6) is -0.0692. The number of aliphatic hydroxyl groups is 2. The summed E-state index contributed by atoms with van der Waals surface area (Å²) in [5.41, 5.74) is 0. The minimum absolute atomic E-state index is 0.0692. The molecule has 2 atom stereocenters. The van der Waals surface area contributed by atoms with Gasteiger partial charge in [0.15, 0.2) is 0 Å². The van der Waals surface area contributed by atoms with Crippen molar-refractivity contribution in [2.45, 2.75) is 321 Å². The largest absolute Gasteiger partial charge is 0.394 e. The van der Waals surface area contributed by atoms with Gasteiger partial charge in [-0.1, -0.05) is 288 Å². The molecule has 0 spiro atoms. The van der Waals surface area contributed by atoms with Gasteiger partial charge in [-0.25, -0.2) is 0 Å². The Balaban J connectivity index is 3.44. The first-order chi connectivity index (χ1) is 30.7. The van der Waals surface area contributed by atoms with Crippen LogP contribution in [0.3, 0.4) is 0 Å². The Kier molecular flexibility index (Phi) is 52.7. The van der Waals surface area contributed by atoms with Gasteiger partial charge in [0.05, 0.1) is 18.8 Å². The molecule has 0 aromatic carbocycles. The molecule has 0 aliphatic carbocycles. The number of rotatable bonds is 52. The molecular formula is C58H111NO3. The van der Waals surface area contributed by atoms with E-state index in [0.717, 1.165) is 32.1 Å². The summed E-state index contributed by atoms with van der Waals surface area (Å²) in [5, 5.41) is 23.1. The molecule has 366 valence electrons. The minimum atomic E-state index is -0.843. The molecule has 1 amide bonds. The van der Waals surface area contributed by atoms with E-state index in [2.05, 4.69) is 43.5 Å². The lowest BCUT2D eigenvalue weighted by molar-refractivity contribution is -0.123. The van der Waals surface area contributed by atoms with Gasteiger partial charge < -0.3 is 15.5 Å². The van der Waals surface area contributed by atoms with E-state index in [1.54, 1.807) is 6.08 Å². The molecule has 4 heteroatoms. The van der Waals surface area contributed by atoms with Crippen molar-refractivity contribution in [1.29, 1.82) is 0 Å². The molecule has 62 heavy (non-hydrogen) atoms. The van der Waals surface area contributed by atoms with Crippen molar-refractivity contribution in [3.8, 4) is 0 Å². The van der Waals surface area contributed by atoms with Gasteiger partial charge in [-0.3, -0.25) is 4.79 Å². The van der Waals surface area contributed by atoms with Crippen molar-refractivity contribution in [3.63, 3.8) is 0 Å². The van der Waals surface area contributed by atoms with E-state index in [-0.39, 0.29) is 12.5 Å². The minimum Gasteiger partial charge on any atom is -0.394 e. The monoisotopic (exact) mass is 870 g/mol. The van der Waals surface area contributed by atoms with Crippen LogP contribution in [-0.2, 0) is 4.79 Å². The second-order valence-electron chi connectivity index (χ2n) is 19.4. The summed E-state index contributed by atoms with van der Waals surface area (Å²) < 4.78 is 0. The SMILES string of the molecule is CCCCC/C=C\C/C=C\CCCCCCCCCC(=O)NC(CO)C(O)/C=C/CCCCCCCCCCCCCCCCCCCCCCCCCCCCCCCCC. The summed E-state index contributed by atoms with van der Waals surface area (Å²) in [6.45, 7) is 4.31. The Morgan fingerprint density at radius 3 is 1.00 bits per heavy atom. The summed E-state index contributed by atoms with van der Waals surface area (Å²) in [4.78, 5) is 12.4. The van der Waals surface area contributed by atoms with Crippen molar-refractivity contribution in [3.05, 3.63) is 36.5 Å². The maximum absolute atomic E-state index is 12.4. The van der Waals surface area contributed by atoms with E-state index < -0.39 is 12.1 Å². The third-order valence-corrected chi connectivity index (χ3v) is 13.1. The molecule has 0 aromatic heterocycles. The molecule has 0 aliphatic rings. The maximum Gasteiger partial charge on any atom is 0.220 e. The molecule has 0 saturated carbocycles. The molecule has 0 bridgehead atoms. The van der Waals surface area contributed by atoms with Crippen LogP contribution in [0.4, 0.5) is 0 Å². The molecule has 2 unspecified atom stereocenters. The Labute approximate surface area is 389 Å². The Morgan fingerprint density at radius 1 is 0.387 bits per heavy atom. The number of allylic oxidation sites excluding steroid dienone is 5. The van der Waals surface area contributed by atoms with E-state index in [4.69, 9.17) is 0 Å².